The van der Waals surface area contributed by atoms with Gasteiger partial charge in [-0.05, 0) is 36.6 Å². The Morgan fingerprint density at radius 1 is 1.11 bits per heavy atom. The van der Waals surface area contributed by atoms with Gasteiger partial charge >= 0.3 is 0 Å². The molecule has 1 saturated heterocycles. The molecule has 1 amide bonds. The highest BCUT2D eigenvalue weighted by Crippen LogP contribution is 2.22. The van der Waals surface area contributed by atoms with Gasteiger partial charge in [0.25, 0.3) is 0 Å². The van der Waals surface area contributed by atoms with Gasteiger partial charge in [-0.2, -0.15) is 0 Å². The summed E-state index contributed by atoms with van der Waals surface area (Å²) in [5.41, 5.74) is 3.40. The van der Waals surface area contributed by atoms with Crippen molar-refractivity contribution >= 4 is 5.91 Å². The van der Waals surface area contributed by atoms with Gasteiger partial charge in [0, 0.05) is 25.6 Å². The van der Waals surface area contributed by atoms with E-state index in [1.54, 1.807) is 12.1 Å². The normalized spacial score (nSPS) is 17.1. The summed E-state index contributed by atoms with van der Waals surface area (Å²) in [5, 5.41) is 3.13. The number of morpholine rings is 1. The molecule has 0 spiro atoms. The van der Waals surface area contributed by atoms with Crippen LogP contribution in [0.15, 0.2) is 48.5 Å². The second kappa shape index (κ2) is 9.80. The largest absolute Gasteiger partial charge is 0.379 e. The van der Waals surface area contributed by atoms with E-state index in [2.05, 4.69) is 41.4 Å². The molecule has 4 nitrogen and oxygen atoms in total. The van der Waals surface area contributed by atoms with Crippen LogP contribution in [0.1, 0.15) is 29.7 Å². The second-order valence-corrected chi connectivity index (χ2v) is 7.55. The van der Waals surface area contributed by atoms with E-state index in [-0.39, 0.29) is 23.7 Å². The standard InChI is InChI=1S/C23H29FN2O2/c1-17-3-7-20(8-4-17)22(26-11-13-28-14-12-26)16-25-23(27)18(2)15-19-5-9-21(24)10-6-19/h3-10,18,22H,11-16H2,1-2H3,(H,25,27). The minimum absolute atomic E-state index is 0.0229. The maximum atomic E-state index is 13.1. The van der Waals surface area contributed by atoms with E-state index in [1.165, 1.54) is 23.3 Å². The van der Waals surface area contributed by atoms with Gasteiger partial charge in [0.2, 0.25) is 5.91 Å². The highest BCUT2D eigenvalue weighted by Gasteiger charge is 2.24. The maximum absolute atomic E-state index is 13.1. The molecule has 2 aromatic carbocycles. The highest BCUT2D eigenvalue weighted by atomic mass is 19.1. The molecule has 28 heavy (non-hydrogen) atoms. The predicted octanol–water partition coefficient (Wildman–Crippen LogP) is 3.50. The first-order chi connectivity index (χ1) is 13.5. The van der Waals surface area contributed by atoms with E-state index >= 15 is 0 Å². The molecule has 0 saturated carbocycles. The molecule has 0 bridgehead atoms. The van der Waals surface area contributed by atoms with Crippen LogP contribution < -0.4 is 5.32 Å². The first kappa shape index (κ1) is 20.5. The Morgan fingerprint density at radius 2 is 1.75 bits per heavy atom. The minimum atomic E-state index is -0.257. The lowest BCUT2D eigenvalue weighted by Crippen LogP contribution is -2.44. The smallest absolute Gasteiger partial charge is 0.223 e. The van der Waals surface area contributed by atoms with Crippen molar-refractivity contribution in [2.24, 2.45) is 5.92 Å². The van der Waals surface area contributed by atoms with Gasteiger partial charge in [-0.3, -0.25) is 9.69 Å². The van der Waals surface area contributed by atoms with Crippen molar-refractivity contribution in [3.63, 3.8) is 0 Å². The minimum Gasteiger partial charge on any atom is -0.379 e. The second-order valence-electron chi connectivity index (χ2n) is 7.55. The molecule has 150 valence electrons. The number of amides is 1. The average molecular weight is 384 g/mol. The number of aryl methyl sites for hydroxylation is 1. The van der Waals surface area contributed by atoms with Crippen LogP contribution in [-0.4, -0.2) is 43.7 Å². The van der Waals surface area contributed by atoms with E-state index in [0.29, 0.717) is 13.0 Å². The van der Waals surface area contributed by atoms with E-state index in [4.69, 9.17) is 4.74 Å². The van der Waals surface area contributed by atoms with Gasteiger partial charge in [-0.25, -0.2) is 4.39 Å². The van der Waals surface area contributed by atoms with Gasteiger partial charge in [-0.15, -0.1) is 0 Å². The number of carbonyl (C=O) groups is 1. The van der Waals surface area contributed by atoms with Crippen molar-refractivity contribution in [1.82, 2.24) is 10.2 Å². The Bertz CT molecular complexity index is 755. The molecule has 0 aliphatic carbocycles. The quantitative estimate of drug-likeness (QED) is 0.794. The van der Waals surface area contributed by atoms with Crippen LogP contribution in [-0.2, 0) is 16.0 Å². The number of benzene rings is 2. The molecule has 1 aliphatic rings. The van der Waals surface area contributed by atoms with Crippen LogP contribution in [0.5, 0.6) is 0 Å². The van der Waals surface area contributed by atoms with Crippen molar-refractivity contribution in [2.75, 3.05) is 32.8 Å². The summed E-state index contributed by atoms with van der Waals surface area (Å²) >= 11 is 0. The van der Waals surface area contributed by atoms with Crippen molar-refractivity contribution in [3.8, 4) is 0 Å². The van der Waals surface area contributed by atoms with Crippen LogP contribution >= 0.6 is 0 Å². The third kappa shape index (κ3) is 5.63. The van der Waals surface area contributed by atoms with E-state index < -0.39 is 0 Å². The fourth-order valence-corrected chi connectivity index (χ4v) is 3.57. The number of carbonyl (C=O) groups excluding carboxylic acids is 1. The van der Waals surface area contributed by atoms with Crippen LogP contribution in [0, 0.1) is 18.7 Å². The summed E-state index contributed by atoms with van der Waals surface area (Å²) in [7, 11) is 0. The van der Waals surface area contributed by atoms with Gasteiger partial charge in [0.1, 0.15) is 5.82 Å². The number of ether oxygens (including phenoxy) is 1. The molecule has 2 atom stereocenters. The number of halogens is 1. The fourth-order valence-electron chi connectivity index (χ4n) is 3.57. The number of hydrogen-bond acceptors (Lipinski definition) is 3. The molecule has 5 heteroatoms. The van der Waals surface area contributed by atoms with E-state index in [0.717, 1.165) is 31.9 Å². The van der Waals surface area contributed by atoms with E-state index in [9.17, 15) is 9.18 Å². The van der Waals surface area contributed by atoms with Crippen LogP contribution in [0.4, 0.5) is 4.39 Å². The first-order valence-electron chi connectivity index (χ1n) is 9.93. The fraction of sp³-hybridized carbons (Fsp3) is 0.435. The molecule has 1 fully saturated rings. The zero-order chi connectivity index (χ0) is 19.9. The third-order valence-corrected chi connectivity index (χ3v) is 5.32. The zero-order valence-corrected chi connectivity index (χ0v) is 16.7. The zero-order valence-electron chi connectivity index (χ0n) is 16.7. The monoisotopic (exact) mass is 384 g/mol. The van der Waals surface area contributed by atoms with Crippen molar-refractivity contribution < 1.29 is 13.9 Å². The lowest BCUT2D eigenvalue weighted by Gasteiger charge is -2.35. The van der Waals surface area contributed by atoms with Gasteiger partial charge in [0.15, 0.2) is 0 Å². The predicted molar refractivity (Wildman–Crippen MR) is 109 cm³/mol. The molecular formula is C23H29FN2O2. The van der Waals surface area contributed by atoms with Crippen molar-refractivity contribution in [2.45, 2.75) is 26.3 Å². The molecule has 1 aliphatic heterocycles. The lowest BCUT2D eigenvalue weighted by atomic mass is 9.99. The summed E-state index contributed by atoms with van der Waals surface area (Å²) < 4.78 is 18.6. The summed E-state index contributed by atoms with van der Waals surface area (Å²) in [6.07, 6.45) is 0.596. The van der Waals surface area contributed by atoms with E-state index in [1.807, 2.05) is 6.92 Å². The van der Waals surface area contributed by atoms with Crippen LogP contribution in [0.25, 0.3) is 0 Å². The molecule has 2 unspecified atom stereocenters. The number of nitrogens with zero attached hydrogens (tertiary/aromatic N) is 1. The Hall–Kier alpha value is -2.24. The Balaban J connectivity index is 1.62. The van der Waals surface area contributed by atoms with Crippen LogP contribution in [0.3, 0.4) is 0 Å². The van der Waals surface area contributed by atoms with Gasteiger partial charge < -0.3 is 10.1 Å². The average Bonchev–Trinajstić information content (AvgIpc) is 2.71. The van der Waals surface area contributed by atoms with Gasteiger partial charge in [-0.1, -0.05) is 48.9 Å². The summed E-state index contributed by atoms with van der Waals surface area (Å²) in [4.78, 5) is 15.0. The first-order valence-corrected chi connectivity index (χ1v) is 9.93. The molecule has 3 rings (SSSR count). The summed E-state index contributed by atoms with van der Waals surface area (Å²) in [6.45, 7) is 7.71. The number of nitrogens with one attached hydrogen (secondary N) is 1. The molecule has 1 heterocycles. The van der Waals surface area contributed by atoms with Crippen molar-refractivity contribution in [1.29, 1.82) is 0 Å². The Labute approximate surface area is 166 Å². The SMILES string of the molecule is Cc1ccc(C(CNC(=O)C(C)Cc2ccc(F)cc2)N2CCOCC2)cc1. The molecule has 2 aromatic rings. The molecule has 1 N–H and O–H groups in total. The summed E-state index contributed by atoms with van der Waals surface area (Å²) in [6, 6.07) is 15.0. The Kier molecular flexibility index (Phi) is 7.18. The molecule has 0 radical (unpaired) electrons. The number of rotatable bonds is 7. The summed E-state index contributed by atoms with van der Waals surface area (Å²) in [5.74, 6) is -0.407. The third-order valence-electron chi connectivity index (χ3n) is 5.32. The van der Waals surface area contributed by atoms with Crippen LogP contribution in [0.2, 0.25) is 0 Å². The Morgan fingerprint density at radius 3 is 2.39 bits per heavy atom. The van der Waals surface area contributed by atoms with Gasteiger partial charge in [0.05, 0.1) is 19.3 Å². The number of hydrogen-bond donors (Lipinski definition) is 1. The maximum Gasteiger partial charge on any atom is 0.223 e. The van der Waals surface area contributed by atoms with Crippen molar-refractivity contribution in [3.05, 3.63) is 71.0 Å². The molecule has 0 aromatic heterocycles. The lowest BCUT2D eigenvalue weighted by molar-refractivity contribution is -0.124. The highest BCUT2D eigenvalue weighted by molar-refractivity contribution is 5.78. The molecular weight excluding hydrogens is 355 g/mol. The topological polar surface area (TPSA) is 41.6 Å².